The zero-order valence-electron chi connectivity index (χ0n) is 10.1. The van der Waals surface area contributed by atoms with Crippen LogP contribution in [0.25, 0.3) is 23.0 Å². The number of hydrogen-bond donors (Lipinski definition) is 2. The molecule has 0 atom stereocenters. The van der Waals surface area contributed by atoms with Gasteiger partial charge >= 0.3 is 0 Å². The van der Waals surface area contributed by atoms with Crippen molar-refractivity contribution >= 4 is 11.4 Å². The van der Waals surface area contributed by atoms with Crippen LogP contribution in [0.5, 0.6) is 0 Å². The monoisotopic (exact) mass is 271 g/mol. The van der Waals surface area contributed by atoms with Crippen molar-refractivity contribution < 1.29 is 9.45 Å². The minimum absolute atomic E-state index is 0.0891. The number of non-ortho nitro benzene ring substituents is 1. The van der Waals surface area contributed by atoms with E-state index < -0.39 is 4.92 Å². The van der Waals surface area contributed by atoms with Crippen molar-refractivity contribution in [1.82, 2.24) is 15.1 Å². The molecule has 0 fully saturated rings. The number of aromatic nitrogens is 3. The first-order chi connectivity index (χ1) is 9.65. The third-order valence-corrected chi connectivity index (χ3v) is 2.74. The van der Waals surface area contributed by atoms with Crippen molar-refractivity contribution in [2.24, 2.45) is 0 Å². The number of nitrogens with zero attached hydrogens (tertiary/aromatic N) is 3. The first kappa shape index (κ1) is 11.9. The molecule has 100 valence electrons. The molecule has 0 aliphatic rings. The number of aromatic amines is 1. The maximum absolute atomic E-state index is 10.8. The van der Waals surface area contributed by atoms with Gasteiger partial charge in [0.05, 0.1) is 16.2 Å². The van der Waals surface area contributed by atoms with Gasteiger partial charge in [0.25, 0.3) is 11.6 Å². The molecule has 0 aliphatic heterocycles. The standard InChI is InChI=1S/C12H9N5O3/c13-9-4-3-7(17(18)19)6-8(9)12-15-11(16-20-12)10-2-1-5-14-10/h1-6,14H,13H2. The second kappa shape index (κ2) is 4.50. The van der Waals surface area contributed by atoms with E-state index in [1.54, 1.807) is 18.3 Å². The molecule has 2 aromatic heterocycles. The first-order valence-corrected chi connectivity index (χ1v) is 5.67. The van der Waals surface area contributed by atoms with Gasteiger partial charge in [-0.1, -0.05) is 5.16 Å². The predicted molar refractivity (Wildman–Crippen MR) is 70.6 cm³/mol. The highest BCUT2D eigenvalue weighted by Crippen LogP contribution is 2.29. The molecular weight excluding hydrogens is 262 g/mol. The van der Waals surface area contributed by atoms with E-state index in [0.29, 0.717) is 22.8 Å². The number of H-pyrrole nitrogens is 1. The Balaban J connectivity index is 2.05. The molecule has 8 heteroatoms. The van der Waals surface area contributed by atoms with Gasteiger partial charge in [-0.15, -0.1) is 0 Å². The lowest BCUT2D eigenvalue weighted by Gasteiger charge is -1.99. The average Bonchev–Trinajstić information content (AvgIpc) is 3.10. The lowest BCUT2D eigenvalue weighted by atomic mass is 10.1. The Morgan fingerprint density at radius 1 is 1.35 bits per heavy atom. The number of anilines is 1. The van der Waals surface area contributed by atoms with Gasteiger partial charge in [-0.3, -0.25) is 10.1 Å². The van der Waals surface area contributed by atoms with Crippen LogP contribution in [0.1, 0.15) is 0 Å². The summed E-state index contributed by atoms with van der Waals surface area (Å²) < 4.78 is 5.11. The van der Waals surface area contributed by atoms with E-state index in [4.69, 9.17) is 10.3 Å². The van der Waals surface area contributed by atoms with E-state index in [9.17, 15) is 10.1 Å². The number of rotatable bonds is 3. The molecular formula is C12H9N5O3. The Labute approximate surface area is 112 Å². The van der Waals surface area contributed by atoms with Gasteiger partial charge in [-0.25, -0.2) is 0 Å². The van der Waals surface area contributed by atoms with Crippen LogP contribution in [0.3, 0.4) is 0 Å². The second-order valence-corrected chi connectivity index (χ2v) is 4.04. The van der Waals surface area contributed by atoms with Crippen molar-refractivity contribution in [3.8, 4) is 23.0 Å². The molecule has 8 nitrogen and oxygen atoms in total. The molecule has 0 bridgehead atoms. The Morgan fingerprint density at radius 2 is 2.20 bits per heavy atom. The maximum Gasteiger partial charge on any atom is 0.270 e. The summed E-state index contributed by atoms with van der Waals surface area (Å²) in [5, 5.41) is 14.6. The summed E-state index contributed by atoms with van der Waals surface area (Å²) in [5.74, 6) is 0.492. The summed E-state index contributed by atoms with van der Waals surface area (Å²) in [6.07, 6.45) is 1.73. The minimum atomic E-state index is -0.509. The van der Waals surface area contributed by atoms with Crippen LogP contribution in [0, 0.1) is 10.1 Å². The molecule has 0 amide bonds. The van der Waals surface area contributed by atoms with E-state index in [2.05, 4.69) is 15.1 Å². The normalized spacial score (nSPS) is 10.6. The topological polar surface area (TPSA) is 124 Å². The van der Waals surface area contributed by atoms with Crippen LogP contribution in [0.15, 0.2) is 41.1 Å². The number of nitrogen functional groups attached to an aromatic ring is 1. The number of nitro benzene ring substituents is 1. The van der Waals surface area contributed by atoms with E-state index in [1.807, 2.05) is 0 Å². The fourth-order valence-electron chi connectivity index (χ4n) is 1.75. The number of nitrogens with one attached hydrogen (secondary N) is 1. The molecule has 20 heavy (non-hydrogen) atoms. The summed E-state index contributed by atoms with van der Waals surface area (Å²) in [6, 6.07) is 7.65. The molecule has 3 N–H and O–H groups in total. The Bertz CT molecular complexity index is 763. The molecule has 0 saturated carbocycles. The van der Waals surface area contributed by atoms with E-state index in [1.165, 1.54) is 18.2 Å². The van der Waals surface area contributed by atoms with Crippen molar-refractivity contribution in [2.75, 3.05) is 5.73 Å². The van der Waals surface area contributed by atoms with Crippen LogP contribution >= 0.6 is 0 Å². The maximum atomic E-state index is 10.8. The van der Waals surface area contributed by atoms with E-state index in [-0.39, 0.29) is 11.6 Å². The molecule has 0 saturated heterocycles. The molecule has 0 spiro atoms. The average molecular weight is 271 g/mol. The zero-order valence-corrected chi connectivity index (χ0v) is 10.1. The SMILES string of the molecule is Nc1ccc([N+](=O)[O-])cc1-c1nc(-c2ccc[nH]2)no1. The highest BCUT2D eigenvalue weighted by atomic mass is 16.6. The van der Waals surface area contributed by atoms with Crippen LogP contribution in [-0.4, -0.2) is 20.0 Å². The van der Waals surface area contributed by atoms with Crippen molar-refractivity contribution in [1.29, 1.82) is 0 Å². The quantitative estimate of drug-likeness (QED) is 0.427. The number of nitrogens with two attached hydrogens (primary N) is 1. The lowest BCUT2D eigenvalue weighted by Crippen LogP contribution is -1.94. The largest absolute Gasteiger partial charge is 0.398 e. The van der Waals surface area contributed by atoms with Crippen LogP contribution in [0.2, 0.25) is 0 Å². The third-order valence-electron chi connectivity index (χ3n) is 2.74. The molecule has 1 aromatic carbocycles. The fourth-order valence-corrected chi connectivity index (χ4v) is 1.75. The Morgan fingerprint density at radius 3 is 2.90 bits per heavy atom. The molecule has 2 heterocycles. The number of hydrogen-bond acceptors (Lipinski definition) is 6. The lowest BCUT2D eigenvalue weighted by molar-refractivity contribution is -0.384. The third kappa shape index (κ3) is 1.99. The van der Waals surface area contributed by atoms with Gasteiger partial charge in [0.15, 0.2) is 0 Å². The Hall–Kier alpha value is -3.16. The molecule has 3 aromatic rings. The van der Waals surface area contributed by atoms with Gasteiger partial charge in [-0.2, -0.15) is 4.98 Å². The van der Waals surface area contributed by atoms with Crippen molar-refractivity contribution in [2.45, 2.75) is 0 Å². The van der Waals surface area contributed by atoms with Gasteiger partial charge in [0, 0.05) is 24.0 Å². The minimum Gasteiger partial charge on any atom is -0.398 e. The molecule has 0 unspecified atom stereocenters. The van der Waals surface area contributed by atoms with E-state index >= 15 is 0 Å². The second-order valence-electron chi connectivity index (χ2n) is 4.04. The van der Waals surface area contributed by atoms with Gasteiger partial charge in [0.1, 0.15) is 0 Å². The summed E-state index contributed by atoms with van der Waals surface area (Å²) in [5.41, 5.74) is 7.05. The fraction of sp³-hybridized carbons (Fsp3) is 0. The summed E-state index contributed by atoms with van der Waals surface area (Å²) >= 11 is 0. The highest BCUT2D eigenvalue weighted by Gasteiger charge is 2.17. The number of nitro groups is 1. The first-order valence-electron chi connectivity index (χ1n) is 5.67. The van der Waals surface area contributed by atoms with E-state index in [0.717, 1.165) is 0 Å². The summed E-state index contributed by atoms with van der Waals surface area (Å²) in [7, 11) is 0. The Kier molecular flexibility index (Phi) is 2.68. The summed E-state index contributed by atoms with van der Waals surface area (Å²) in [6.45, 7) is 0. The van der Waals surface area contributed by atoms with Gasteiger partial charge < -0.3 is 15.2 Å². The van der Waals surface area contributed by atoms with Crippen LogP contribution in [-0.2, 0) is 0 Å². The molecule has 3 rings (SSSR count). The van der Waals surface area contributed by atoms with Crippen molar-refractivity contribution in [3.63, 3.8) is 0 Å². The van der Waals surface area contributed by atoms with Crippen LogP contribution in [0.4, 0.5) is 11.4 Å². The van der Waals surface area contributed by atoms with Gasteiger partial charge in [0.2, 0.25) is 5.82 Å². The molecule has 0 aliphatic carbocycles. The highest BCUT2D eigenvalue weighted by molar-refractivity contribution is 5.73. The summed E-state index contributed by atoms with van der Waals surface area (Å²) in [4.78, 5) is 17.4. The number of benzene rings is 1. The molecule has 0 radical (unpaired) electrons. The predicted octanol–water partition coefficient (Wildman–Crippen LogP) is 2.22. The zero-order chi connectivity index (χ0) is 14.1. The smallest absolute Gasteiger partial charge is 0.270 e. The van der Waals surface area contributed by atoms with Crippen LogP contribution < -0.4 is 5.73 Å². The van der Waals surface area contributed by atoms with Crippen molar-refractivity contribution in [3.05, 3.63) is 46.6 Å². The van der Waals surface area contributed by atoms with Gasteiger partial charge in [-0.05, 0) is 18.2 Å².